The molecule has 0 N–H and O–H groups in total. The van der Waals surface area contributed by atoms with Crippen molar-refractivity contribution in [2.45, 2.75) is 16.5 Å². The first kappa shape index (κ1) is 18.5. The van der Waals surface area contributed by atoms with E-state index in [4.69, 9.17) is 9.47 Å². The number of carbonyl (C=O) groups is 1. The van der Waals surface area contributed by atoms with Gasteiger partial charge in [0.1, 0.15) is 10.8 Å². The summed E-state index contributed by atoms with van der Waals surface area (Å²) in [6.45, 7) is 0.479. The molecule has 0 aliphatic rings. The van der Waals surface area contributed by atoms with Crippen LogP contribution in [0.2, 0.25) is 0 Å². The number of methoxy groups -OCH3 is 2. The topological polar surface area (TPSA) is 66.2 Å². The highest BCUT2D eigenvalue weighted by atomic mass is 79.9. The van der Waals surface area contributed by atoms with E-state index >= 15 is 0 Å². The molecule has 0 fully saturated rings. The molecule has 0 atom stereocenters. The molecule has 2 aromatic carbocycles. The molecule has 3 rings (SSSR count). The van der Waals surface area contributed by atoms with Crippen molar-refractivity contribution in [2.75, 3.05) is 14.2 Å². The van der Waals surface area contributed by atoms with Gasteiger partial charge in [-0.3, -0.25) is 0 Å². The first-order valence-electron chi connectivity index (χ1n) is 7.69. The lowest BCUT2D eigenvalue weighted by Gasteiger charge is -2.08. The molecule has 0 unspecified atom stereocenters. The molecular formula is C18H16BrN3O3S. The van der Waals surface area contributed by atoms with E-state index in [1.54, 1.807) is 11.8 Å². The molecule has 0 saturated heterocycles. The number of rotatable bonds is 6. The summed E-state index contributed by atoms with van der Waals surface area (Å²) in [7, 11) is 2.96. The maximum Gasteiger partial charge on any atom is 0.361 e. The molecule has 1 heterocycles. The summed E-state index contributed by atoms with van der Waals surface area (Å²) in [6, 6.07) is 15.5. The molecule has 3 aromatic rings. The van der Waals surface area contributed by atoms with Crippen LogP contribution in [-0.4, -0.2) is 35.2 Å². The maximum absolute atomic E-state index is 12.1. The number of hydrogen-bond acceptors (Lipinski definition) is 6. The number of halogens is 1. The van der Waals surface area contributed by atoms with Crippen LogP contribution in [0.5, 0.6) is 5.75 Å². The normalized spacial score (nSPS) is 10.6. The van der Waals surface area contributed by atoms with Crippen LogP contribution in [0, 0.1) is 0 Å². The van der Waals surface area contributed by atoms with Gasteiger partial charge in [0.2, 0.25) is 5.69 Å². The number of aromatic nitrogens is 3. The van der Waals surface area contributed by atoms with Crippen molar-refractivity contribution < 1.29 is 14.3 Å². The number of carbonyl (C=O) groups excluding carboxylic acids is 1. The zero-order chi connectivity index (χ0) is 18.5. The minimum Gasteiger partial charge on any atom is -0.497 e. The summed E-state index contributed by atoms with van der Waals surface area (Å²) in [5.41, 5.74) is 1.22. The van der Waals surface area contributed by atoms with Crippen molar-refractivity contribution in [2.24, 2.45) is 0 Å². The third-order valence-corrected chi connectivity index (χ3v) is 5.22. The molecule has 26 heavy (non-hydrogen) atoms. The highest BCUT2D eigenvalue weighted by Crippen LogP contribution is 2.31. The summed E-state index contributed by atoms with van der Waals surface area (Å²) in [6.07, 6.45) is 0. The number of benzene rings is 2. The van der Waals surface area contributed by atoms with Gasteiger partial charge >= 0.3 is 5.97 Å². The van der Waals surface area contributed by atoms with E-state index < -0.39 is 5.97 Å². The molecule has 0 radical (unpaired) electrons. The van der Waals surface area contributed by atoms with E-state index in [9.17, 15) is 4.79 Å². The van der Waals surface area contributed by atoms with Crippen LogP contribution in [0.3, 0.4) is 0 Å². The van der Waals surface area contributed by atoms with Gasteiger partial charge in [-0.25, -0.2) is 9.48 Å². The fraction of sp³-hybridized carbons (Fsp3) is 0.167. The first-order chi connectivity index (χ1) is 12.6. The van der Waals surface area contributed by atoms with Gasteiger partial charge in [0.25, 0.3) is 0 Å². The summed E-state index contributed by atoms with van der Waals surface area (Å²) in [5, 5.41) is 8.79. The van der Waals surface area contributed by atoms with Crippen molar-refractivity contribution in [3.05, 3.63) is 64.3 Å². The van der Waals surface area contributed by atoms with Gasteiger partial charge < -0.3 is 9.47 Å². The van der Waals surface area contributed by atoms with Crippen LogP contribution in [-0.2, 0) is 11.3 Å². The van der Waals surface area contributed by atoms with Crippen LogP contribution in [0.4, 0.5) is 0 Å². The van der Waals surface area contributed by atoms with E-state index in [0.29, 0.717) is 11.6 Å². The average Bonchev–Trinajstić information content (AvgIpc) is 3.06. The Morgan fingerprint density at radius 3 is 2.42 bits per heavy atom. The van der Waals surface area contributed by atoms with E-state index in [2.05, 4.69) is 26.2 Å². The summed E-state index contributed by atoms with van der Waals surface area (Å²) in [4.78, 5) is 13.0. The minimum absolute atomic E-state index is 0.203. The van der Waals surface area contributed by atoms with Crippen LogP contribution < -0.4 is 4.74 Å². The molecule has 0 bridgehead atoms. The second-order valence-electron chi connectivity index (χ2n) is 5.30. The van der Waals surface area contributed by atoms with Crippen LogP contribution in [0.15, 0.2) is 62.9 Å². The van der Waals surface area contributed by atoms with Crippen molar-refractivity contribution in [3.63, 3.8) is 0 Å². The van der Waals surface area contributed by atoms with Gasteiger partial charge in [-0.1, -0.05) is 45.0 Å². The molecule has 0 aliphatic carbocycles. The second kappa shape index (κ2) is 8.37. The summed E-state index contributed by atoms with van der Waals surface area (Å²) < 4.78 is 12.7. The highest BCUT2D eigenvalue weighted by molar-refractivity contribution is 9.10. The Labute approximate surface area is 163 Å². The predicted molar refractivity (Wildman–Crippen MR) is 102 cm³/mol. The number of ether oxygens (including phenoxy) is 2. The molecule has 134 valence electrons. The predicted octanol–water partition coefficient (Wildman–Crippen LogP) is 4.04. The van der Waals surface area contributed by atoms with Gasteiger partial charge in [-0.15, -0.1) is 5.10 Å². The van der Waals surface area contributed by atoms with Gasteiger partial charge in [-0.05, 0) is 42.0 Å². The molecule has 1 aromatic heterocycles. The van der Waals surface area contributed by atoms with Crippen molar-refractivity contribution in [1.82, 2.24) is 15.0 Å². The lowest BCUT2D eigenvalue weighted by Crippen LogP contribution is -2.06. The molecule has 6 nitrogen and oxygen atoms in total. The first-order valence-corrected chi connectivity index (χ1v) is 9.30. The van der Waals surface area contributed by atoms with Crippen molar-refractivity contribution in [3.8, 4) is 5.75 Å². The average molecular weight is 434 g/mol. The van der Waals surface area contributed by atoms with Crippen molar-refractivity contribution >= 4 is 33.7 Å². The van der Waals surface area contributed by atoms with Gasteiger partial charge in [0.05, 0.1) is 20.8 Å². The number of esters is 1. The fourth-order valence-corrected chi connectivity index (χ4v) is 3.44. The Hall–Kier alpha value is -2.32. The molecule has 8 heteroatoms. The molecule has 0 amide bonds. The monoisotopic (exact) mass is 433 g/mol. The molecule has 0 spiro atoms. The number of hydrogen-bond donors (Lipinski definition) is 0. The largest absolute Gasteiger partial charge is 0.497 e. The Kier molecular flexibility index (Phi) is 5.95. The Morgan fingerprint density at radius 1 is 1.12 bits per heavy atom. The molecule has 0 saturated carbocycles. The molecular weight excluding hydrogens is 418 g/mol. The van der Waals surface area contributed by atoms with E-state index in [-0.39, 0.29) is 5.69 Å². The quantitative estimate of drug-likeness (QED) is 0.546. The maximum atomic E-state index is 12.1. The third-order valence-electron chi connectivity index (χ3n) is 3.59. The summed E-state index contributed by atoms with van der Waals surface area (Å²) in [5.74, 6) is 0.276. The Balaban J connectivity index is 1.92. The van der Waals surface area contributed by atoms with E-state index in [0.717, 1.165) is 20.7 Å². The van der Waals surface area contributed by atoms with Crippen LogP contribution in [0.1, 0.15) is 16.1 Å². The van der Waals surface area contributed by atoms with Crippen LogP contribution in [0.25, 0.3) is 0 Å². The third kappa shape index (κ3) is 4.25. The van der Waals surface area contributed by atoms with E-state index in [1.807, 2.05) is 48.5 Å². The van der Waals surface area contributed by atoms with Gasteiger partial charge in [0, 0.05) is 9.37 Å². The SMILES string of the molecule is COC(=O)c1nnn(Cc2ccc(OC)cc2)c1Sc1ccc(Br)cc1. The lowest BCUT2D eigenvalue weighted by atomic mass is 10.2. The Morgan fingerprint density at radius 2 is 1.81 bits per heavy atom. The van der Waals surface area contributed by atoms with Crippen molar-refractivity contribution in [1.29, 1.82) is 0 Å². The summed E-state index contributed by atoms with van der Waals surface area (Å²) >= 11 is 4.84. The minimum atomic E-state index is -0.509. The number of nitrogens with zero attached hydrogens (tertiary/aromatic N) is 3. The zero-order valence-corrected chi connectivity index (χ0v) is 16.6. The van der Waals surface area contributed by atoms with Crippen LogP contribution >= 0.6 is 27.7 Å². The second-order valence-corrected chi connectivity index (χ2v) is 7.27. The lowest BCUT2D eigenvalue weighted by molar-refractivity contribution is 0.0589. The molecule has 0 aliphatic heterocycles. The zero-order valence-electron chi connectivity index (χ0n) is 14.2. The standard InChI is InChI=1S/C18H16BrN3O3S/c1-24-14-7-3-12(4-8-14)11-22-17(16(20-21-22)18(23)25-2)26-15-9-5-13(19)6-10-15/h3-10H,11H2,1-2H3. The smallest absolute Gasteiger partial charge is 0.361 e. The highest BCUT2D eigenvalue weighted by Gasteiger charge is 2.21. The fourth-order valence-electron chi connectivity index (χ4n) is 2.25. The van der Waals surface area contributed by atoms with E-state index in [1.165, 1.54) is 18.9 Å². The van der Waals surface area contributed by atoms with Gasteiger partial charge in [-0.2, -0.15) is 0 Å². The Bertz CT molecular complexity index is 895. The van der Waals surface area contributed by atoms with Gasteiger partial charge in [0.15, 0.2) is 0 Å².